The van der Waals surface area contributed by atoms with E-state index in [-0.39, 0.29) is 23.1 Å². The zero-order valence-electron chi connectivity index (χ0n) is 13.9. The Morgan fingerprint density at radius 3 is 2.88 bits per heavy atom. The van der Waals surface area contributed by atoms with E-state index in [1.807, 2.05) is 36.2 Å². The SMILES string of the molecule is CN(C)c1cc([C@@H]2CCCN(C(=O)c3ccc(=O)[nH]n3)C2)ccn1. The fourth-order valence-corrected chi connectivity index (χ4v) is 2.99. The first kappa shape index (κ1) is 16.2. The van der Waals surface area contributed by atoms with Crippen LogP contribution in [-0.2, 0) is 0 Å². The lowest BCUT2D eigenvalue weighted by Gasteiger charge is -2.33. The Hall–Kier alpha value is -2.70. The Balaban J connectivity index is 1.76. The fourth-order valence-electron chi connectivity index (χ4n) is 2.99. The summed E-state index contributed by atoms with van der Waals surface area (Å²) < 4.78 is 0. The lowest BCUT2D eigenvalue weighted by Crippen LogP contribution is -2.39. The highest BCUT2D eigenvalue weighted by Crippen LogP contribution is 2.28. The van der Waals surface area contributed by atoms with Crippen LogP contribution in [0.5, 0.6) is 0 Å². The fraction of sp³-hybridized carbons (Fsp3) is 0.412. The number of likely N-dealkylation sites (tertiary alicyclic amines) is 1. The lowest BCUT2D eigenvalue weighted by atomic mass is 9.91. The summed E-state index contributed by atoms with van der Waals surface area (Å²) in [4.78, 5) is 31.8. The molecule has 7 nitrogen and oxygen atoms in total. The molecule has 126 valence electrons. The average Bonchev–Trinajstić information content (AvgIpc) is 2.62. The number of hydrogen-bond acceptors (Lipinski definition) is 5. The van der Waals surface area contributed by atoms with Crippen LogP contribution in [0, 0.1) is 0 Å². The molecule has 1 aliphatic heterocycles. The van der Waals surface area contributed by atoms with Crippen LogP contribution in [0.3, 0.4) is 0 Å². The van der Waals surface area contributed by atoms with Gasteiger partial charge in [-0.05, 0) is 36.6 Å². The van der Waals surface area contributed by atoms with Gasteiger partial charge in [-0.15, -0.1) is 0 Å². The quantitative estimate of drug-likeness (QED) is 0.917. The summed E-state index contributed by atoms with van der Waals surface area (Å²) in [5.41, 5.74) is 1.16. The summed E-state index contributed by atoms with van der Waals surface area (Å²) in [6.07, 6.45) is 3.80. The maximum absolute atomic E-state index is 12.6. The van der Waals surface area contributed by atoms with E-state index in [0.717, 1.165) is 18.7 Å². The van der Waals surface area contributed by atoms with E-state index >= 15 is 0 Å². The van der Waals surface area contributed by atoms with Crippen LogP contribution in [0.1, 0.15) is 34.8 Å². The number of carbonyl (C=O) groups is 1. The van der Waals surface area contributed by atoms with Crippen molar-refractivity contribution in [3.05, 3.63) is 52.1 Å². The molecular formula is C17H21N5O2. The van der Waals surface area contributed by atoms with Gasteiger partial charge in [0.25, 0.3) is 11.5 Å². The van der Waals surface area contributed by atoms with Gasteiger partial charge in [0.05, 0.1) is 0 Å². The number of nitrogens with one attached hydrogen (secondary N) is 1. The lowest BCUT2D eigenvalue weighted by molar-refractivity contribution is 0.0700. The molecule has 0 saturated carbocycles. The van der Waals surface area contributed by atoms with E-state index in [0.29, 0.717) is 13.1 Å². The molecule has 3 rings (SSSR count). The Labute approximate surface area is 140 Å². The van der Waals surface area contributed by atoms with Crippen molar-refractivity contribution in [1.29, 1.82) is 0 Å². The molecule has 24 heavy (non-hydrogen) atoms. The summed E-state index contributed by atoms with van der Waals surface area (Å²) in [6.45, 7) is 1.36. The van der Waals surface area contributed by atoms with Gasteiger partial charge in [-0.3, -0.25) is 9.59 Å². The number of rotatable bonds is 3. The second-order valence-electron chi connectivity index (χ2n) is 6.24. The number of hydrogen-bond donors (Lipinski definition) is 1. The number of H-pyrrole nitrogens is 1. The van der Waals surface area contributed by atoms with E-state index in [1.165, 1.54) is 17.7 Å². The first-order valence-electron chi connectivity index (χ1n) is 8.03. The Bertz CT molecular complexity index is 766. The van der Waals surface area contributed by atoms with Crippen molar-refractivity contribution in [2.75, 3.05) is 32.1 Å². The second-order valence-corrected chi connectivity index (χ2v) is 6.24. The van der Waals surface area contributed by atoms with Crippen molar-refractivity contribution < 1.29 is 4.79 Å². The maximum atomic E-state index is 12.6. The summed E-state index contributed by atoms with van der Waals surface area (Å²) >= 11 is 0. The van der Waals surface area contributed by atoms with Crippen LogP contribution < -0.4 is 10.5 Å². The van der Waals surface area contributed by atoms with Gasteiger partial charge >= 0.3 is 0 Å². The predicted molar refractivity (Wildman–Crippen MR) is 91.3 cm³/mol. The van der Waals surface area contributed by atoms with Crippen LogP contribution >= 0.6 is 0 Å². The van der Waals surface area contributed by atoms with E-state index in [4.69, 9.17) is 0 Å². The number of nitrogens with zero attached hydrogens (tertiary/aromatic N) is 4. The zero-order valence-corrected chi connectivity index (χ0v) is 13.9. The molecule has 7 heteroatoms. The number of piperidine rings is 1. The molecule has 2 aromatic rings. The molecule has 1 fully saturated rings. The number of aromatic amines is 1. The number of pyridine rings is 1. The van der Waals surface area contributed by atoms with Crippen LogP contribution in [0.15, 0.2) is 35.3 Å². The highest BCUT2D eigenvalue weighted by atomic mass is 16.2. The molecule has 2 aromatic heterocycles. The number of carbonyl (C=O) groups excluding carboxylic acids is 1. The molecule has 0 unspecified atom stereocenters. The molecule has 1 saturated heterocycles. The highest BCUT2D eigenvalue weighted by Gasteiger charge is 2.26. The van der Waals surface area contributed by atoms with E-state index in [9.17, 15) is 9.59 Å². The Kier molecular flexibility index (Phi) is 4.59. The maximum Gasteiger partial charge on any atom is 0.274 e. The van der Waals surface area contributed by atoms with Crippen molar-refractivity contribution in [3.63, 3.8) is 0 Å². The minimum atomic E-state index is -0.309. The van der Waals surface area contributed by atoms with Crippen LogP contribution in [0.25, 0.3) is 0 Å². The van der Waals surface area contributed by atoms with E-state index < -0.39 is 0 Å². The van der Waals surface area contributed by atoms with Gasteiger partial charge in [-0.25, -0.2) is 10.1 Å². The van der Waals surface area contributed by atoms with Gasteiger partial charge < -0.3 is 9.80 Å². The minimum Gasteiger partial charge on any atom is -0.363 e. The smallest absolute Gasteiger partial charge is 0.274 e. The van der Waals surface area contributed by atoms with Crippen LogP contribution in [0.2, 0.25) is 0 Å². The number of amides is 1. The number of anilines is 1. The summed E-state index contributed by atoms with van der Waals surface area (Å²) in [5.74, 6) is 1.06. The molecule has 0 bridgehead atoms. The van der Waals surface area contributed by atoms with E-state index in [2.05, 4.69) is 21.2 Å². The third kappa shape index (κ3) is 3.45. The molecule has 1 amide bonds. The standard InChI is InChI=1S/C17H21N5O2/c1-21(2)15-10-12(7-8-18-15)13-4-3-9-22(11-13)17(24)14-5-6-16(23)20-19-14/h5-8,10,13H,3-4,9,11H2,1-2H3,(H,20,23)/t13-/m1/s1. The predicted octanol–water partition coefficient (Wildman–Crippen LogP) is 1.25. The minimum absolute atomic E-state index is 0.141. The van der Waals surface area contributed by atoms with Gasteiger partial charge in [-0.1, -0.05) is 0 Å². The van der Waals surface area contributed by atoms with Crippen molar-refractivity contribution >= 4 is 11.7 Å². The molecule has 0 spiro atoms. The first-order valence-corrected chi connectivity index (χ1v) is 8.03. The number of aromatic nitrogens is 3. The monoisotopic (exact) mass is 327 g/mol. The molecule has 0 radical (unpaired) electrons. The van der Waals surface area contributed by atoms with Crippen LogP contribution in [0.4, 0.5) is 5.82 Å². The zero-order chi connectivity index (χ0) is 17.1. The highest BCUT2D eigenvalue weighted by molar-refractivity contribution is 5.92. The van der Waals surface area contributed by atoms with Gasteiger partial charge in [0.1, 0.15) is 11.5 Å². The second kappa shape index (κ2) is 6.82. The molecular weight excluding hydrogens is 306 g/mol. The molecule has 0 aromatic carbocycles. The normalized spacial score (nSPS) is 17.6. The first-order chi connectivity index (χ1) is 11.5. The Morgan fingerprint density at radius 1 is 1.33 bits per heavy atom. The molecule has 1 N–H and O–H groups in total. The van der Waals surface area contributed by atoms with Gasteiger partial charge in [0, 0.05) is 45.4 Å². The summed E-state index contributed by atoms with van der Waals surface area (Å²) in [5, 5.41) is 6.16. The van der Waals surface area contributed by atoms with Gasteiger partial charge in [-0.2, -0.15) is 5.10 Å². The molecule has 1 atom stereocenters. The third-order valence-corrected chi connectivity index (χ3v) is 4.31. The molecule has 1 aliphatic rings. The van der Waals surface area contributed by atoms with Crippen LogP contribution in [-0.4, -0.2) is 53.2 Å². The van der Waals surface area contributed by atoms with Crippen molar-refractivity contribution in [1.82, 2.24) is 20.1 Å². The summed E-state index contributed by atoms with van der Waals surface area (Å²) in [6, 6.07) is 6.90. The van der Waals surface area contributed by atoms with E-state index in [1.54, 1.807) is 0 Å². The largest absolute Gasteiger partial charge is 0.363 e. The topological polar surface area (TPSA) is 82.2 Å². The Morgan fingerprint density at radius 2 is 2.17 bits per heavy atom. The van der Waals surface area contributed by atoms with Crippen molar-refractivity contribution in [3.8, 4) is 0 Å². The molecule has 0 aliphatic carbocycles. The third-order valence-electron chi connectivity index (χ3n) is 4.31. The average molecular weight is 327 g/mol. The summed E-state index contributed by atoms with van der Waals surface area (Å²) in [7, 11) is 3.93. The molecule has 3 heterocycles. The van der Waals surface area contributed by atoms with Crippen molar-refractivity contribution in [2.45, 2.75) is 18.8 Å². The van der Waals surface area contributed by atoms with Gasteiger partial charge in [0.15, 0.2) is 0 Å². The van der Waals surface area contributed by atoms with Crippen molar-refractivity contribution in [2.24, 2.45) is 0 Å². The van der Waals surface area contributed by atoms with Gasteiger partial charge in [0.2, 0.25) is 0 Å².